The lowest BCUT2D eigenvalue weighted by atomic mass is 10.2. The van der Waals surface area contributed by atoms with Crippen LogP contribution in [0.1, 0.15) is 18.4 Å². The van der Waals surface area contributed by atoms with Crippen molar-refractivity contribution < 1.29 is 14.7 Å². The molecule has 1 atom stereocenters. The number of rotatable bonds is 4. The molecule has 0 unspecified atom stereocenters. The highest BCUT2D eigenvalue weighted by Crippen LogP contribution is 2.22. The average molecular weight is 235 g/mol. The Hall–Kier alpha value is -1.92. The van der Waals surface area contributed by atoms with Gasteiger partial charge in [0.15, 0.2) is 0 Å². The molecule has 0 saturated carbocycles. The van der Waals surface area contributed by atoms with E-state index < -0.39 is 6.10 Å². The van der Waals surface area contributed by atoms with Gasteiger partial charge in [-0.2, -0.15) is 4.98 Å². The number of aromatic nitrogens is 2. The van der Waals surface area contributed by atoms with Gasteiger partial charge in [-0.3, -0.25) is 0 Å². The van der Waals surface area contributed by atoms with Crippen LogP contribution >= 0.6 is 0 Å². The summed E-state index contributed by atoms with van der Waals surface area (Å²) in [6.45, 7) is 0.338. The number of aromatic hydroxyl groups is 1. The highest BCUT2D eigenvalue weighted by molar-refractivity contribution is 5.56. The summed E-state index contributed by atoms with van der Waals surface area (Å²) in [6.07, 6.45) is -0.486. The first-order valence-electron chi connectivity index (χ1n) is 5.22. The van der Waals surface area contributed by atoms with Gasteiger partial charge in [-0.25, -0.2) is 0 Å². The van der Waals surface area contributed by atoms with Crippen LogP contribution in [0.2, 0.25) is 0 Å². The van der Waals surface area contributed by atoms with Crippen molar-refractivity contribution in [3.63, 3.8) is 0 Å². The van der Waals surface area contributed by atoms with Gasteiger partial charge in [-0.1, -0.05) is 17.3 Å². The van der Waals surface area contributed by atoms with E-state index in [-0.39, 0.29) is 11.6 Å². The fourth-order valence-corrected chi connectivity index (χ4v) is 1.41. The summed E-state index contributed by atoms with van der Waals surface area (Å²) in [5, 5.41) is 22.7. The number of nitrogens with two attached hydrogens (primary N) is 1. The third-order valence-corrected chi connectivity index (χ3v) is 2.27. The molecule has 4 N–H and O–H groups in total. The van der Waals surface area contributed by atoms with Crippen LogP contribution < -0.4 is 5.73 Å². The molecule has 2 aromatic rings. The standard InChI is InChI=1S/C11H13N3O3/c12-5-4-9(16)11-13-10(14-17-11)7-2-1-3-8(15)6-7/h1-3,6,9,15-16H,4-5,12H2/t9-/m0/s1. The molecule has 6 nitrogen and oxygen atoms in total. The topological polar surface area (TPSA) is 105 Å². The fourth-order valence-electron chi connectivity index (χ4n) is 1.41. The Morgan fingerprint density at radius 3 is 2.94 bits per heavy atom. The summed E-state index contributed by atoms with van der Waals surface area (Å²) in [5.74, 6) is 0.581. The zero-order chi connectivity index (χ0) is 12.3. The Morgan fingerprint density at radius 1 is 1.41 bits per heavy atom. The van der Waals surface area contributed by atoms with Crippen molar-refractivity contribution in [1.82, 2.24) is 10.1 Å². The van der Waals surface area contributed by atoms with Crippen LogP contribution in [0.5, 0.6) is 5.75 Å². The number of phenolic OH excluding ortho intramolecular Hbond substituents is 1. The van der Waals surface area contributed by atoms with Gasteiger partial charge >= 0.3 is 0 Å². The molecule has 1 aromatic heterocycles. The maximum Gasteiger partial charge on any atom is 0.255 e. The maximum absolute atomic E-state index is 9.61. The largest absolute Gasteiger partial charge is 0.508 e. The smallest absolute Gasteiger partial charge is 0.255 e. The minimum Gasteiger partial charge on any atom is -0.508 e. The minimum atomic E-state index is -0.849. The summed E-state index contributed by atoms with van der Waals surface area (Å²) in [7, 11) is 0. The van der Waals surface area contributed by atoms with E-state index in [2.05, 4.69) is 10.1 Å². The van der Waals surface area contributed by atoms with Gasteiger partial charge in [0, 0.05) is 5.56 Å². The van der Waals surface area contributed by atoms with E-state index in [0.29, 0.717) is 24.4 Å². The highest BCUT2D eigenvalue weighted by Gasteiger charge is 2.16. The van der Waals surface area contributed by atoms with Crippen LogP contribution in [-0.2, 0) is 0 Å². The van der Waals surface area contributed by atoms with E-state index in [1.165, 1.54) is 6.07 Å². The minimum absolute atomic E-state index is 0.122. The molecule has 1 aromatic carbocycles. The first kappa shape index (κ1) is 11.6. The summed E-state index contributed by atoms with van der Waals surface area (Å²) in [4.78, 5) is 4.05. The molecule has 0 fully saturated rings. The maximum atomic E-state index is 9.61. The Bertz CT molecular complexity index is 498. The highest BCUT2D eigenvalue weighted by atomic mass is 16.5. The lowest BCUT2D eigenvalue weighted by Gasteiger charge is -2.01. The van der Waals surface area contributed by atoms with E-state index in [9.17, 15) is 10.2 Å². The molecule has 2 rings (SSSR count). The summed E-state index contributed by atoms with van der Waals surface area (Å²) in [6, 6.07) is 6.48. The Kier molecular flexibility index (Phi) is 3.36. The monoisotopic (exact) mass is 235 g/mol. The Balaban J connectivity index is 2.23. The van der Waals surface area contributed by atoms with Crippen LogP contribution in [-0.4, -0.2) is 26.9 Å². The van der Waals surface area contributed by atoms with Crippen molar-refractivity contribution >= 4 is 0 Å². The van der Waals surface area contributed by atoms with E-state index in [1.54, 1.807) is 18.2 Å². The zero-order valence-electron chi connectivity index (χ0n) is 9.08. The number of phenols is 1. The molecule has 6 heteroatoms. The molecule has 0 spiro atoms. The number of benzene rings is 1. The molecule has 0 aliphatic carbocycles. The predicted octanol–water partition coefficient (Wildman–Crippen LogP) is 0.824. The van der Waals surface area contributed by atoms with Gasteiger partial charge in [-0.05, 0) is 25.1 Å². The number of nitrogens with zero attached hydrogens (tertiary/aromatic N) is 2. The third-order valence-electron chi connectivity index (χ3n) is 2.27. The quantitative estimate of drug-likeness (QED) is 0.724. The fraction of sp³-hybridized carbons (Fsp3) is 0.273. The van der Waals surface area contributed by atoms with Crippen LogP contribution in [0.3, 0.4) is 0 Å². The molecule has 0 bridgehead atoms. The summed E-state index contributed by atoms with van der Waals surface area (Å²) in [5.41, 5.74) is 5.95. The van der Waals surface area contributed by atoms with Gasteiger partial charge in [0.2, 0.25) is 5.82 Å². The SMILES string of the molecule is NCC[C@H](O)c1nc(-c2cccc(O)c2)no1. The van der Waals surface area contributed by atoms with Crippen molar-refractivity contribution in [1.29, 1.82) is 0 Å². The van der Waals surface area contributed by atoms with Crippen LogP contribution in [0.25, 0.3) is 11.4 Å². The van der Waals surface area contributed by atoms with Crippen LogP contribution in [0, 0.1) is 0 Å². The normalized spacial score (nSPS) is 12.6. The first-order chi connectivity index (χ1) is 8.20. The zero-order valence-corrected chi connectivity index (χ0v) is 9.08. The first-order valence-corrected chi connectivity index (χ1v) is 5.22. The molecule has 0 saturated heterocycles. The average Bonchev–Trinajstić information content (AvgIpc) is 2.78. The van der Waals surface area contributed by atoms with Crippen molar-refractivity contribution in [2.45, 2.75) is 12.5 Å². The third kappa shape index (κ3) is 2.61. The second-order valence-electron chi connectivity index (χ2n) is 3.60. The van der Waals surface area contributed by atoms with Crippen molar-refractivity contribution in [3.05, 3.63) is 30.2 Å². The molecular formula is C11H13N3O3. The molecule has 0 amide bonds. The molecular weight excluding hydrogens is 222 g/mol. The van der Waals surface area contributed by atoms with Crippen molar-refractivity contribution in [2.24, 2.45) is 5.73 Å². The molecule has 0 radical (unpaired) electrons. The lowest BCUT2D eigenvalue weighted by molar-refractivity contribution is 0.127. The van der Waals surface area contributed by atoms with Gasteiger partial charge in [0.1, 0.15) is 11.9 Å². The molecule has 0 aliphatic rings. The summed E-state index contributed by atoms with van der Waals surface area (Å²) >= 11 is 0. The number of aliphatic hydroxyl groups is 1. The van der Waals surface area contributed by atoms with E-state index in [0.717, 1.165) is 0 Å². The van der Waals surface area contributed by atoms with Gasteiger partial charge in [0.05, 0.1) is 0 Å². The van der Waals surface area contributed by atoms with Crippen molar-refractivity contribution in [3.8, 4) is 17.1 Å². The molecule has 0 aliphatic heterocycles. The molecule has 17 heavy (non-hydrogen) atoms. The van der Waals surface area contributed by atoms with E-state index in [4.69, 9.17) is 10.3 Å². The van der Waals surface area contributed by atoms with Gasteiger partial charge in [0.25, 0.3) is 5.89 Å². The van der Waals surface area contributed by atoms with Crippen molar-refractivity contribution in [2.75, 3.05) is 6.54 Å². The predicted molar refractivity (Wildman–Crippen MR) is 60.0 cm³/mol. The Labute approximate surface area is 97.7 Å². The van der Waals surface area contributed by atoms with Crippen LogP contribution in [0.4, 0.5) is 0 Å². The Morgan fingerprint density at radius 2 is 2.24 bits per heavy atom. The molecule has 90 valence electrons. The number of hydrogen-bond acceptors (Lipinski definition) is 6. The van der Waals surface area contributed by atoms with E-state index >= 15 is 0 Å². The number of hydrogen-bond donors (Lipinski definition) is 3. The number of aliphatic hydroxyl groups excluding tert-OH is 1. The van der Waals surface area contributed by atoms with Gasteiger partial charge in [-0.15, -0.1) is 0 Å². The van der Waals surface area contributed by atoms with Crippen LogP contribution in [0.15, 0.2) is 28.8 Å². The molecule has 1 heterocycles. The van der Waals surface area contributed by atoms with E-state index in [1.807, 2.05) is 0 Å². The second kappa shape index (κ2) is 4.94. The van der Waals surface area contributed by atoms with Gasteiger partial charge < -0.3 is 20.5 Å². The second-order valence-corrected chi connectivity index (χ2v) is 3.60. The lowest BCUT2D eigenvalue weighted by Crippen LogP contribution is -2.06. The summed E-state index contributed by atoms with van der Waals surface area (Å²) < 4.78 is 4.92.